The zero-order chi connectivity index (χ0) is 15.5. The molecule has 2 N–H and O–H groups in total. The number of hydrogen-bond donors (Lipinski definition) is 2. The zero-order valence-corrected chi connectivity index (χ0v) is 14.1. The van der Waals surface area contributed by atoms with Gasteiger partial charge in [-0.25, -0.2) is 13.4 Å². The highest BCUT2D eigenvalue weighted by Gasteiger charge is 2.07. The van der Waals surface area contributed by atoms with E-state index in [4.69, 9.17) is 0 Å². The van der Waals surface area contributed by atoms with Crippen molar-refractivity contribution in [1.82, 2.24) is 4.98 Å². The smallest absolute Gasteiger partial charge is 0.232 e. The molecule has 0 atom stereocenters. The van der Waals surface area contributed by atoms with Crippen LogP contribution in [-0.2, 0) is 10.0 Å². The third-order valence-electron chi connectivity index (χ3n) is 2.87. The maximum absolute atomic E-state index is 11.5. The average molecular weight is 370 g/mol. The lowest BCUT2D eigenvalue weighted by molar-refractivity contribution is 0.602. The fraction of sp³-hybridized carbons (Fsp3) is 0.214. The highest BCUT2D eigenvalue weighted by molar-refractivity contribution is 9.10. The number of nitrogens with one attached hydrogen (secondary N) is 2. The van der Waals surface area contributed by atoms with Gasteiger partial charge in [0.2, 0.25) is 10.0 Å². The molecule has 5 nitrogen and oxygen atoms in total. The van der Waals surface area contributed by atoms with Gasteiger partial charge in [0.1, 0.15) is 5.82 Å². The summed E-state index contributed by atoms with van der Waals surface area (Å²) in [6.07, 6.45) is 1.49. The highest BCUT2D eigenvalue weighted by atomic mass is 79.9. The molecule has 0 bridgehead atoms. The molecule has 21 heavy (non-hydrogen) atoms. The second-order valence-electron chi connectivity index (χ2n) is 4.52. The Morgan fingerprint density at radius 2 is 2.00 bits per heavy atom. The molecule has 0 aliphatic rings. The van der Waals surface area contributed by atoms with Crippen LogP contribution in [0.1, 0.15) is 12.5 Å². The predicted molar refractivity (Wildman–Crippen MR) is 89.5 cm³/mol. The van der Waals surface area contributed by atoms with Gasteiger partial charge in [-0.1, -0.05) is 15.9 Å². The molecule has 0 spiro atoms. The Morgan fingerprint density at radius 1 is 1.24 bits per heavy atom. The maximum atomic E-state index is 11.5. The SMILES string of the molecule is CCS(=O)(=O)Nc1ccc(Nc2ccc(Br)cc2C)nc1. The van der Waals surface area contributed by atoms with E-state index in [9.17, 15) is 8.42 Å². The number of rotatable bonds is 5. The van der Waals surface area contributed by atoms with Crippen molar-refractivity contribution >= 4 is 43.1 Å². The van der Waals surface area contributed by atoms with Crippen LogP contribution in [0.5, 0.6) is 0 Å². The third kappa shape index (κ3) is 4.44. The minimum absolute atomic E-state index is 0.0328. The van der Waals surface area contributed by atoms with Crippen molar-refractivity contribution in [3.63, 3.8) is 0 Å². The van der Waals surface area contributed by atoms with Crippen molar-refractivity contribution in [2.24, 2.45) is 0 Å². The van der Waals surface area contributed by atoms with Gasteiger partial charge in [-0.3, -0.25) is 4.72 Å². The largest absolute Gasteiger partial charge is 0.340 e. The van der Waals surface area contributed by atoms with Crippen LogP contribution in [0.25, 0.3) is 0 Å². The minimum Gasteiger partial charge on any atom is -0.340 e. The van der Waals surface area contributed by atoms with Gasteiger partial charge in [-0.15, -0.1) is 0 Å². The fourth-order valence-electron chi connectivity index (χ4n) is 1.69. The molecule has 0 saturated heterocycles. The van der Waals surface area contributed by atoms with E-state index in [-0.39, 0.29) is 5.75 Å². The minimum atomic E-state index is -3.27. The van der Waals surface area contributed by atoms with Gasteiger partial charge in [0.15, 0.2) is 0 Å². The second kappa shape index (κ2) is 6.44. The number of anilines is 3. The van der Waals surface area contributed by atoms with E-state index in [2.05, 4.69) is 31.0 Å². The Bertz CT molecular complexity index is 730. The molecule has 0 aliphatic heterocycles. The molecule has 7 heteroatoms. The number of benzene rings is 1. The number of nitrogens with zero attached hydrogens (tertiary/aromatic N) is 1. The maximum Gasteiger partial charge on any atom is 0.232 e. The summed E-state index contributed by atoms with van der Waals surface area (Å²) in [5, 5.41) is 3.19. The van der Waals surface area contributed by atoms with Crippen LogP contribution in [0.15, 0.2) is 41.0 Å². The number of aryl methyl sites for hydroxylation is 1. The summed E-state index contributed by atoms with van der Waals surface area (Å²) in [7, 11) is -3.27. The lowest BCUT2D eigenvalue weighted by Crippen LogP contribution is -2.14. The van der Waals surface area contributed by atoms with E-state index in [1.165, 1.54) is 6.20 Å². The molecule has 2 aromatic rings. The van der Waals surface area contributed by atoms with E-state index in [1.54, 1.807) is 19.1 Å². The van der Waals surface area contributed by atoms with Crippen molar-refractivity contribution in [2.75, 3.05) is 15.8 Å². The average Bonchev–Trinajstić information content (AvgIpc) is 2.44. The number of hydrogen-bond acceptors (Lipinski definition) is 4. The molecule has 1 heterocycles. The van der Waals surface area contributed by atoms with Gasteiger partial charge < -0.3 is 5.32 Å². The van der Waals surface area contributed by atoms with Crippen LogP contribution in [0.4, 0.5) is 17.2 Å². The molecule has 1 aromatic carbocycles. The van der Waals surface area contributed by atoms with Crippen LogP contribution in [0.2, 0.25) is 0 Å². The zero-order valence-electron chi connectivity index (χ0n) is 11.7. The molecular formula is C14H16BrN3O2S. The predicted octanol–water partition coefficient (Wildman–Crippen LogP) is 3.66. The first-order valence-corrected chi connectivity index (χ1v) is 8.84. The van der Waals surface area contributed by atoms with Gasteiger partial charge in [0, 0.05) is 10.2 Å². The van der Waals surface area contributed by atoms with Gasteiger partial charge in [0.25, 0.3) is 0 Å². The Hall–Kier alpha value is -1.60. The van der Waals surface area contributed by atoms with Crippen molar-refractivity contribution in [1.29, 1.82) is 0 Å². The summed E-state index contributed by atoms with van der Waals surface area (Å²) < 4.78 is 26.4. The molecule has 0 unspecified atom stereocenters. The number of aromatic nitrogens is 1. The Labute approximate surface area is 133 Å². The summed E-state index contributed by atoms with van der Waals surface area (Å²) in [6.45, 7) is 3.58. The lowest BCUT2D eigenvalue weighted by atomic mass is 10.2. The number of halogens is 1. The van der Waals surface area contributed by atoms with E-state index in [1.807, 2.05) is 25.1 Å². The normalized spacial score (nSPS) is 11.2. The monoisotopic (exact) mass is 369 g/mol. The van der Waals surface area contributed by atoms with Crippen molar-refractivity contribution < 1.29 is 8.42 Å². The van der Waals surface area contributed by atoms with E-state index in [0.717, 1.165) is 15.7 Å². The molecule has 0 radical (unpaired) electrons. The van der Waals surface area contributed by atoms with Crippen LogP contribution >= 0.6 is 15.9 Å². The molecule has 0 aliphatic carbocycles. The molecule has 0 saturated carbocycles. The van der Waals surface area contributed by atoms with E-state index < -0.39 is 10.0 Å². The summed E-state index contributed by atoms with van der Waals surface area (Å²) >= 11 is 3.42. The Morgan fingerprint density at radius 3 is 2.57 bits per heavy atom. The lowest BCUT2D eigenvalue weighted by Gasteiger charge is -2.10. The number of pyridine rings is 1. The van der Waals surface area contributed by atoms with E-state index >= 15 is 0 Å². The van der Waals surface area contributed by atoms with Crippen molar-refractivity contribution in [3.8, 4) is 0 Å². The summed E-state index contributed by atoms with van der Waals surface area (Å²) in [6, 6.07) is 9.31. The van der Waals surface area contributed by atoms with Crippen LogP contribution in [0.3, 0.4) is 0 Å². The molecular weight excluding hydrogens is 354 g/mol. The standard InChI is InChI=1S/C14H16BrN3O2S/c1-3-21(19,20)18-12-5-7-14(16-9-12)17-13-6-4-11(15)8-10(13)2/h4-9,18H,3H2,1-2H3,(H,16,17). The molecule has 0 fully saturated rings. The second-order valence-corrected chi connectivity index (χ2v) is 7.45. The first-order chi connectivity index (χ1) is 9.89. The first kappa shape index (κ1) is 15.8. The first-order valence-electron chi connectivity index (χ1n) is 6.39. The van der Waals surface area contributed by atoms with Gasteiger partial charge in [0.05, 0.1) is 17.6 Å². The van der Waals surface area contributed by atoms with Crippen LogP contribution in [-0.4, -0.2) is 19.2 Å². The van der Waals surface area contributed by atoms with Crippen molar-refractivity contribution in [2.45, 2.75) is 13.8 Å². The highest BCUT2D eigenvalue weighted by Crippen LogP contribution is 2.23. The van der Waals surface area contributed by atoms with Crippen LogP contribution < -0.4 is 10.0 Å². The van der Waals surface area contributed by atoms with E-state index in [0.29, 0.717) is 11.5 Å². The molecule has 112 valence electrons. The molecule has 1 aromatic heterocycles. The summed E-state index contributed by atoms with van der Waals surface area (Å²) in [5.41, 5.74) is 2.49. The van der Waals surface area contributed by atoms with Crippen LogP contribution in [0, 0.1) is 6.92 Å². The fourth-order valence-corrected chi connectivity index (χ4v) is 2.78. The third-order valence-corrected chi connectivity index (χ3v) is 4.67. The Kier molecular flexibility index (Phi) is 4.84. The topological polar surface area (TPSA) is 71.1 Å². The van der Waals surface area contributed by atoms with Gasteiger partial charge >= 0.3 is 0 Å². The Balaban J connectivity index is 2.12. The quantitative estimate of drug-likeness (QED) is 0.843. The summed E-state index contributed by atoms with van der Waals surface area (Å²) in [4.78, 5) is 4.21. The number of sulfonamides is 1. The van der Waals surface area contributed by atoms with Gasteiger partial charge in [-0.2, -0.15) is 0 Å². The molecule has 0 amide bonds. The molecule has 2 rings (SSSR count). The van der Waals surface area contributed by atoms with Gasteiger partial charge in [-0.05, 0) is 49.7 Å². The van der Waals surface area contributed by atoms with Crippen molar-refractivity contribution in [3.05, 3.63) is 46.6 Å². The summed E-state index contributed by atoms with van der Waals surface area (Å²) in [5.74, 6) is 0.685.